The molecule has 1 fully saturated rings. The molecule has 0 aliphatic carbocycles. The molecule has 1 aliphatic rings. The molecule has 8 heteroatoms. The molecule has 0 aromatic heterocycles. The fourth-order valence-electron chi connectivity index (χ4n) is 2.04. The van der Waals surface area contributed by atoms with Crippen molar-refractivity contribution in [3.05, 3.63) is 28.2 Å². The first-order valence-electron chi connectivity index (χ1n) is 6.39. The van der Waals surface area contributed by atoms with Crippen molar-refractivity contribution in [3.63, 3.8) is 0 Å². The van der Waals surface area contributed by atoms with Crippen LogP contribution in [0.3, 0.4) is 0 Å². The topological polar surface area (TPSA) is 72.5 Å². The normalized spacial score (nSPS) is 21.8. The lowest BCUT2D eigenvalue weighted by molar-refractivity contribution is -0.127. The van der Waals surface area contributed by atoms with Crippen molar-refractivity contribution in [1.82, 2.24) is 5.32 Å². The molecule has 0 unspecified atom stereocenters. The molecular formula is C13H15Cl2NO4S. The van der Waals surface area contributed by atoms with E-state index in [-0.39, 0.29) is 23.5 Å². The van der Waals surface area contributed by atoms with E-state index in [0.717, 1.165) is 0 Å². The highest BCUT2D eigenvalue weighted by Crippen LogP contribution is 2.28. The van der Waals surface area contributed by atoms with E-state index in [1.807, 2.05) is 0 Å². The number of sulfone groups is 1. The highest BCUT2D eigenvalue weighted by molar-refractivity contribution is 7.91. The van der Waals surface area contributed by atoms with Crippen LogP contribution >= 0.6 is 23.2 Å². The standard InChI is InChI=1S/C13H15Cl2NO4S/c1-8(20-12-3-2-9(14)6-11(12)15)13(17)16-10-4-5-21(18,19)7-10/h2-3,6,8,10H,4-5,7H2,1H3,(H,16,17)/t8-,10+/m1/s1. The average molecular weight is 352 g/mol. The third kappa shape index (κ3) is 4.49. The smallest absolute Gasteiger partial charge is 0.261 e. The molecule has 5 nitrogen and oxygen atoms in total. The molecular weight excluding hydrogens is 337 g/mol. The summed E-state index contributed by atoms with van der Waals surface area (Å²) in [5, 5.41) is 3.46. The van der Waals surface area contributed by atoms with Gasteiger partial charge in [-0.2, -0.15) is 0 Å². The van der Waals surface area contributed by atoms with Crippen molar-refractivity contribution in [2.24, 2.45) is 0 Å². The maximum Gasteiger partial charge on any atom is 0.261 e. The van der Waals surface area contributed by atoms with Gasteiger partial charge in [-0.1, -0.05) is 23.2 Å². The summed E-state index contributed by atoms with van der Waals surface area (Å²) in [5.74, 6) is 0.0643. The molecule has 1 N–H and O–H groups in total. The van der Waals surface area contributed by atoms with Crippen molar-refractivity contribution in [2.75, 3.05) is 11.5 Å². The van der Waals surface area contributed by atoms with E-state index in [1.54, 1.807) is 19.1 Å². The zero-order chi connectivity index (χ0) is 15.6. The van der Waals surface area contributed by atoms with Gasteiger partial charge in [-0.25, -0.2) is 8.42 Å². The van der Waals surface area contributed by atoms with E-state index < -0.39 is 15.9 Å². The van der Waals surface area contributed by atoms with Gasteiger partial charge < -0.3 is 10.1 Å². The summed E-state index contributed by atoms with van der Waals surface area (Å²) < 4.78 is 28.2. The van der Waals surface area contributed by atoms with E-state index in [9.17, 15) is 13.2 Å². The van der Waals surface area contributed by atoms with Gasteiger partial charge in [0.2, 0.25) is 0 Å². The van der Waals surface area contributed by atoms with Gasteiger partial charge in [-0.3, -0.25) is 4.79 Å². The Balaban J connectivity index is 1.94. The third-order valence-corrected chi connectivity index (χ3v) is 5.44. The molecule has 2 atom stereocenters. The van der Waals surface area contributed by atoms with Crippen molar-refractivity contribution >= 4 is 38.9 Å². The first-order chi connectivity index (χ1) is 9.77. The number of hydrogen-bond donors (Lipinski definition) is 1. The maximum atomic E-state index is 12.0. The van der Waals surface area contributed by atoms with E-state index >= 15 is 0 Å². The zero-order valence-electron chi connectivity index (χ0n) is 11.3. The molecule has 0 spiro atoms. The lowest BCUT2D eigenvalue weighted by atomic mass is 10.2. The minimum Gasteiger partial charge on any atom is -0.479 e. The minimum absolute atomic E-state index is 0.0207. The Morgan fingerprint density at radius 1 is 1.43 bits per heavy atom. The van der Waals surface area contributed by atoms with Gasteiger partial charge in [0.15, 0.2) is 15.9 Å². The van der Waals surface area contributed by atoms with Crippen LogP contribution in [0, 0.1) is 0 Å². The lowest BCUT2D eigenvalue weighted by Gasteiger charge is -2.18. The van der Waals surface area contributed by atoms with Crippen LogP contribution < -0.4 is 10.1 Å². The summed E-state index contributed by atoms with van der Waals surface area (Å²) >= 11 is 11.7. The monoisotopic (exact) mass is 351 g/mol. The van der Waals surface area contributed by atoms with Crippen LogP contribution in [0.25, 0.3) is 0 Å². The molecule has 1 amide bonds. The second-order valence-electron chi connectivity index (χ2n) is 4.94. The highest BCUT2D eigenvalue weighted by Gasteiger charge is 2.30. The Morgan fingerprint density at radius 3 is 2.71 bits per heavy atom. The molecule has 0 saturated carbocycles. The van der Waals surface area contributed by atoms with Gasteiger partial charge in [0, 0.05) is 11.1 Å². The third-order valence-electron chi connectivity index (χ3n) is 3.15. The Labute approximate surface area is 133 Å². The molecule has 1 aromatic rings. The van der Waals surface area contributed by atoms with Crippen LogP contribution in [-0.2, 0) is 14.6 Å². The number of ether oxygens (including phenoxy) is 1. The SMILES string of the molecule is C[C@@H](Oc1ccc(Cl)cc1Cl)C(=O)N[C@H]1CCS(=O)(=O)C1. The summed E-state index contributed by atoms with van der Waals surface area (Å²) in [7, 11) is -3.03. The second-order valence-corrected chi connectivity index (χ2v) is 8.02. The van der Waals surface area contributed by atoms with Crippen molar-refractivity contribution in [2.45, 2.75) is 25.5 Å². The summed E-state index contributed by atoms with van der Waals surface area (Å²) in [6, 6.07) is 4.35. The molecule has 1 saturated heterocycles. The summed E-state index contributed by atoms with van der Waals surface area (Å²) in [5.41, 5.74) is 0. The van der Waals surface area contributed by atoms with Crippen molar-refractivity contribution in [1.29, 1.82) is 0 Å². The number of nitrogens with one attached hydrogen (secondary N) is 1. The Bertz CT molecular complexity index is 648. The van der Waals surface area contributed by atoms with Crippen molar-refractivity contribution < 1.29 is 17.9 Å². The molecule has 1 aliphatic heterocycles. The van der Waals surface area contributed by atoms with Gasteiger partial charge in [0.1, 0.15) is 5.75 Å². The van der Waals surface area contributed by atoms with Crippen LogP contribution in [0.4, 0.5) is 0 Å². The number of carbonyl (C=O) groups excluding carboxylic acids is 1. The van der Waals surface area contributed by atoms with Crippen LogP contribution in [0.5, 0.6) is 5.75 Å². The average Bonchev–Trinajstić information content (AvgIpc) is 2.72. The van der Waals surface area contributed by atoms with Crippen LogP contribution in [0.2, 0.25) is 10.0 Å². The fourth-order valence-corrected chi connectivity index (χ4v) is 4.17. The molecule has 0 bridgehead atoms. The number of carbonyl (C=O) groups is 1. The molecule has 0 radical (unpaired) electrons. The Hall–Kier alpha value is -0.980. The van der Waals surface area contributed by atoms with Gasteiger partial charge >= 0.3 is 0 Å². The van der Waals surface area contributed by atoms with Crippen LogP contribution in [-0.4, -0.2) is 38.0 Å². The molecule has 1 heterocycles. The number of halogens is 2. The van der Waals surface area contributed by atoms with E-state index in [0.29, 0.717) is 22.2 Å². The Kier molecular flexibility index (Phi) is 5.01. The number of rotatable bonds is 4. The molecule has 116 valence electrons. The predicted molar refractivity (Wildman–Crippen MR) is 81.8 cm³/mol. The van der Waals surface area contributed by atoms with Gasteiger partial charge in [0.25, 0.3) is 5.91 Å². The first-order valence-corrected chi connectivity index (χ1v) is 8.97. The zero-order valence-corrected chi connectivity index (χ0v) is 13.6. The fraction of sp³-hybridized carbons (Fsp3) is 0.462. The quantitative estimate of drug-likeness (QED) is 0.900. The number of amides is 1. The predicted octanol–water partition coefficient (Wildman–Crippen LogP) is 2.06. The van der Waals surface area contributed by atoms with E-state index in [1.165, 1.54) is 6.07 Å². The largest absolute Gasteiger partial charge is 0.479 e. The van der Waals surface area contributed by atoms with E-state index in [4.69, 9.17) is 27.9 Å². The summed E-state index contributed by atoms with van der Waals surface area (Å²) in [6.07, 6.45) is -0.352. The van der Waals surface area contributed by atoms with Crippen LogP contribution in [0.1, 0.15) is 13.3 Å². The minimum atomic E-state index is -3.03. The van der Waals surface area contributed by atoms with Crippen molar-refractivity contribution in [3.8, 4) is 5.75 Å². The molecule has 2 rings (SSSR count). The maximum absolute atomic E-state index is 12.0. The molecule has 21 heavy (non-hydrogen) atoms. The Morgan fingerprint density at radius 2 is 2.14 bits per heavy atom. The van der Waals surface area contributed by atoms with E-state index in [2.05, 4.69) is 5.32 Å². The van der Waals surface area contributed by atoms with Crippen LogP contribution in [0.15, 0.2) is 18.2 Å². The summed E-state index contributed by atoms with van der Waals surface area (Å²) in [4.78, 5) is 12.0. The lowest BCUT2D eigenvalue weighted by Crippen LogP contribution is -2.43. The van der Waals surface area contributed by atoms with Gasteiger partial charge in [0.05, 0.1) is 16.5 Å². The second kappa shape index (κ2) is 6.42. The van der Waals surface area contributed by atoms with Gasteiger partial charge in [-0.05, 0) is 31.5 Å². The molecule has 1 aromatic carbocycles. The number of hydrogen-bond acceptors (Lipinski definition) is 4. The summed E-state index contributed by atoms with van der Waals surface area (Å²) in [6.45, 7) is 1.57. The highest BCUT2D eigenvalue weighted by atomic mass is 35.5. The van der Waals surface area contributed by atoms with Gasteiger partial charge in [-0.15, -0.1) is 0 Å². The number of benzene rings is 1. The first kappa shape index (κ1) is 16.4.